The highest BCUT2D eigenvalue weighted by Crippen LogP contribution is 2.11. The third kappa shape index (κ3) is 5.11. The number of carbonyl (C=O) groups is 1. The Morgan fingerprint density at radius 3 is 2.76 bits per heavy atom. The topological polar surface area (TPSA) is 59.0 Å². The molecule has 0 aliphatic heterocycles. The van der Waals surface area contributed by atoms with Crippen molar-refractivity contribution < 1.29 is 4.79 Å². The fraction of sp³-hybridized carbons (Fsp3) is 0.333. The van der Waals surface area contributed by atoms with Gasteiger partial charge in [-0.2, -0.15) is 5.10 Å². The van der Waals surface area contributed by atoms with Gasteiger partial charge in [0.05, 0.1) is 6.54 Å². The van der Waals surface area contributed by atoms with Gasteiger partial charge in [-0.15, -0.1) is 0 Å². The van der Waals surface area contributed by atoms with Crippen molar-refractivity contribution >= 4 is 23.4 Å². The summed E-state index contributed by atoms with van der Waals surface area (Å²) in [6, 6.07) is 9.15. The minimum absolute atomic E-state index is 0.222. The summed E-state index contributed by atoms with van der Waals surface area (Å²) in [6.45, 7) is 3.39. The van der Waals surface area contributed by atoms with E-state index < -0.39 is 0 Å². The highest BCUT2D eigenvalue weighted by Gasteiger charge is 2.04. The quantitative estimate of drug-likeness (QED) is 0.802. The van der Waals surface area contributed by atoms with Crippen LogP contribution in [-0.2, 0) is 6.54 Å². The molecule has 2 aromatic rings. The molecule has 0 aliphatic carbocycles. The van der Waals surface area contributed by atoms with Crippen molar-refractivity contribution in [2.45, 2.75) is 26.3 Å². The van der Waals surface area contributed by atoms with Crippen LogP contribution in [0.2, 0.25) is 5.02 Å². The molecule has 5 nitrogen and oxygen atoms in total. The lowest BCUT2D eigenvalue weighted by atomic mass is 10.2. The number of urea groups is 1. The van der Waals surface area contributed by atoms with Gasteiger partial charge in [0.1, 0.15) is 0 Å². The van der Waals surface area contributed by atoms with Crippen molar-refractivity contribution in [1.29, 1.82) is 0 Å². The van der Waals surface area contributed by atoms with Crippen molar-refractivity contribution in [3.8, 4) is 0 Å². The van der Waals surface area contributed by atoms with Crippen LogP contribution in [0.25, 0.3) is 0 Å². The van der Waals surface area contributed by atoms with E-state index in [1.807, 2.05) is 30.5 Å². The maximum Gasteiger partial charge on any atom is 0.320 e. The van der Waals surface area contributed by atoms with Gasteiger partial charge >= 0.3 is 6.03 Å². The number of nitrogens with one attached hydrogen (secondary N) is 2. The van der Waals surface area contributed by atoms with Gasteiger partial charge in [0.2, 0.25) is 0 Å². The summed E-state index contributed by atoms with van der Waals surface area (Å²) in [6.07, 6.45) is 3.85. The van der Waals surface area contributed by atoms with Crippen LogP contribution in [0.3, 0.4) is 0 Å². The van der Waals surface area contributed by atoms with Crippen LogP contribution in [0.5, 0.6) is 0 Å². The van der Waals surface area contributed by atoms with Crippen LogP contribution in [0.1, 0.15) is 25.3 Å². The number of anilines is 1. The second kappa shape index (κ2) is 7.69. The Morgan fingerprint density at radius 1 is 1.29 bits per heavy atom. The SMILES string of the molecule is CCCCNC(=O)Nc1ccn(Cc2ccc(Cl)cc2)n1. The highest BCUT2D eigenvalue weighted by atomic mass is 35.5. The number of nitrogens with zero attached hydrogens (tertiary/aromatic N) is 2. The summed E-state index contributed by atoms with van der Waals surface area (Å²) in [5.74, 6) is 0.540. The molecular formula is C15H19ClN4O. The molecule has 2 amide bonds. The number of amides is 2. The molecule has 2 rings (SSSR count). The number of carbonyl (C=O) groups excluding carboxylic acids is 1. The molecule has 1 aromatic heterocycles. The maximum absolute atomic E-state index is 11.6. The standard InChI is InChI=1S/C15H19ClN4O/c1-2-3-9-17-15(21)18-14-8-10-20(19-14)11-12-4-6-13(16)7-5-12/h4-8,10H,2-3,9,11H2,1H3,(H2,17,18,19,21). The number of aromatic nitrogens is 2. The largest absolute Gasteiger partial charge is 0.338 e. The molecular weight excluding hydrogens is 288 g/mol. The van der Waals surface area contributed by atoms with Gasteiger partial charge < -0.3 is 5.32 Å². The molecule has 21 heavy (non-hydrogen) atoms. The summed E-state index contributed by atoms with van der Waals surface area (Å²) in [4.78, 5) is 11.6. The molecule has 0 bridgehead atoms. The number of hydrogen-bond donors (Lipinski definition) is 2. The minimum atomic E-state index is -0.222. The van der Waals surface area contributed by atoms with Crippen molar-refractivity contribution in [1.82, 2.24) is 15.1 Å². The Hall–Kier alpha value is -2.01. The molecule has 112 valence electrons. The monoisotopic (exact) mass is 306 g/mol. The van der Waals surface area contributed by atoms with Crippen molar-refractivity contribution in [2.75, 3.05) is 11.9 Å². The lowest BCUT2D eigenvalue weighted by Crippen LogP contribution is -2.29. The first kappa shape index (κ1) is 15.4. The van der Waals surface area contributed by atoms with E-state index in [9.17, 15) is 4.79 Å². The molecule has 0 saturated carbocycles. The molecule has 0 unspecified atom stereocenters. The maximum atomic E-state index is 11.6. The Balaban J connectivity index is 1.86. The van der Waals surface area contributed by atoms with E-state index in [0.717, 1.165) is 18.4 Å². The minimum Gasteiger partial charge on any atom is -0.338 e. The van der Waals surface area contributed by atoms with Crippen LogP contribution in [0, 0.1) is 0 Å². The predicted octanol–water partition coefficient (Wildman–Crippen LogP) is 3.51. The second-order valence-corrected chi connectivity index (χ2v) is 5.20. The molecule has 6 heteroatoms. The third-order valence-electron chi connectivity index (χ3n) is 2.96. The molecule has 0 spiro atoms. The van der Waals surface area contributed by atoms with E-state index in [1.165, 1.54) is 0 Å². The Bertz CT molecular complexity index is 580. The number of unbranched alkanes of at least 4 members (excludes halogenated alkanes) is 1. The van der Waals surface area contributed by atoms with Gasteiger partial charge in [0, 0.05) is 23.8 Å². The number of benzene rings is 1. The van der Waals surface area contributed by atoms with Gasteiger partial charge in [-0.1, -0.05) is 37.1 Å². The molecule has 1 heterocycles. The Labute approximate surface area is 129 Å². The van der Waals surface area contributed by atoms with E-state index in [0.29, 0.717) is 23.9 Å². The summed E-state index contributed by atoms with van der Waals surface area (Å²) in [5, 5.41) is 10.5. The average Bonchev–Trinajstić information content (AvgIpc) is 2.89. The third-order valence-corrected chi connectivity index (χ3v) is 3.21. The zero-order valence-electron chi connectivity index (χ0n) is 12.0. The predicted molar refractivity (Wildman–Crippen MR) is 84.7 cm³/mol. The van der Waals surface area contributed by atoms with Gasteiger partial charge in [-0.05, 0) is 24.1 Å². The first-order chi connectivity index (χ1) is 10.2. The van der Waals surface area contributed by atoms with E-state index >= 15 is 0 Å². The number of hydrogen-bond acceptors (Lipinski definition) is 2. The van der Waals surface area contributed by atoms with Crippen molar-refractivity contribution in [3.05, 3.63) is 47.1 Å². The molecule has 0 aliphatic rings. The summed E-state index contributed by atoms with van der Waals surface area (Å²) in [7, 11) is 0. The van der Waals surface area contributed by atoms with Crippen molar-refractivity contribution in [2.24, 2.45) is 0 Å². The zero-order valence-corrected chi connectivity index (χ0v) is 12.7. The van der Waals surface area contributed by atoms with Gasteiger partial charge in [0.15, 0.2) is 5.82 Å². The van der Waals surface area contributed by atoms with E-state index in [1.54, 1.807) is 10.7 Å². The van der Waals surface area contributed by atoms with Crippen molar-refractivity contribution in [3.63, 3.8) is 0 Å². The van der Waals surface area contributed by atoms with E-state index in [2.05, 4.69) is 22.7 Å². The molecule has 0 saturated heterocycles. The van der Waals surface area contributed by atoms with Crippen LogP contribution in [0.15, 0.2) is 36.5 Å². The number of rotatable bonds is 6. The van der Waals surface area contributed by atoms with Gasteiger partial charge in [-0.3, -0.25) is 10.00 Å². The second-order valence-electron chi connectivity index (χ2n) is 4.76. The summed E-state index contributed by atoms with van der Waals surface area (Å²) in [5.41, 5.74) is 1.10. The Kier molecular flexibility index (Phi) is 5.63. The highest BCUT2D eigenvalue weighted by molar-refractivity contribution is 6.30. The fourth-order valence-corrected chi connectivity index (χ4v) is 1.96. The average molecular weight is 307 g/mol. The number of halogens is 1. The first-order valence-corrected chi connectivity index (χ1v) is 7.38. The van der Waals surface area contributed by atoms with Gasteiger partial charge in [0.25, 0.3) is 0 Å². The fourth-order valence-electron chi connectivity index (χ4n) is 1.83. The molecule has 2 N–H and O–H groups in total. The van der Waals surface area contributed by atoms with Crippen LogP contribution in [-0.4, -0.2) is 22.4 Å². The van der Waals surface area contributed by atoms with Crippen LogP contribution < -0.4 is 10.6 Å². The van der Waals surface area contributed by atoms with Gasteiger partial charge in [-0.25, -0.2) is 4.79 Å². The molecule has 0 fully saturated rings. The Morgan fingerprint density at radius 2 is 2.05 bits per heavy atom. The first-order valence-electron chi connectivity index (χ1n) is 7.00. The lowest BCUT2D eigenvalue weighted by Gasteiger charge is -2.05. The van der Waals surface area contributed by atoms with Crippen LogP contribution >= 0.6 is 11.6 Å². The zero-order chi connectivity index (χ0) is 15.1. The summed E-state index contributed by atoms with van der Waals surface area (Å²) >= 11 is 5.85. The lowest BCUT2D eigenvalue weighted by molar-refractivity contribution is 0.252. The molecule has 0 atom stereocenters. The smallest absolute Gasteiger partial charge is 0.320 e. The molecule has 0 radical (unpaired) electrons. The summed E-state index contributed by atoms with van der Waals surface area (Å²) < 4.78 is 1.77. The van der Waals surface area contributed by atoms with Crippen LogP contribution in [0.4, 0.5) is 10.6 Å². The van der Waals surface area contributed by atoms with E-state index in [4.69, 9.17) is 11.6 Å². The normalized spacial score (nSPS) is 10.4. The van der Waals surface area contributed by atoms with E-state index in [-0.39, 0.29) is 6.03 Å². The molecule has 1 aromatic carbocycles.